The lowest BCUT2D eigenvalue weighted by Gasteiger charge is -2.03. The number of thiophene rings is 1. The zero-order chi connectivity index (χ0) is 16.9. The molecule has 0 saturated carbocycles. The predicted molar refractivity (Wildman–Crippen MR) is 100 cm³/mol. The lowest BCUT2D eigenvalue weighted by molar-refractivity contribution is 0.0950. The maximum Gasteiger partial charge on any atom is 0.282 e. The van der Waals surface area contributed by atoms with E-state index >= 15 is 0 Å². The van der Waals surface area contributed by atoms with Gasteiger partial charge in [0.25, 0.3) is 5.91 Å². The van der Waals surface area contributed by atoms with Gasteiger partial charge in [0.05, 0.1) is 5.03 Å². The van der Waals surface area contributed by atoms with Crippen molar-refractivity contribution in [2.24, 2.45) is 0 Å². The molecule has 2 aromatic heterocycles. The molecule has 0 aliphatic carbocycles. The van der Waals surface area contributed by atoms with Crippen LogP contribution in [0.5, 0.6) is 0 Å². The smallest absolute Gasteiger partial charge is 0.282 e. The maximum atomic E-state index is 12.2. The number of nitrogens with one attached hydrogen (secondary N) is 1. The van der Waals surface area contributed by atoms with Crippen molar-refractivity contribution in [3.8, 4) is 0 Å². The Bertz CT molecular complexity index is 854. The van der Waals surface area contributed by atoms with Gasteiger partial charge in [-0.1, -0.05) is 52.8 Å². The topological polar surface area (TPSA) is 54.9 Å². The monoisotopic (exact) mass is 375 g/mol. The molecule has 2 heterocycles. The summed E-state index contributed by atoms with van der Waals surface area (Å²) in [7, 11) is 0. The first kappa shape index (κ1) is 16.8. The van der Waals surface area contributed by atoms with Crippen LogP contribution in [0.2, 0.25) is 0 Å². The highest BCUT2D eigenvalue weighted by atomic mass is 35.5. The second kappa shape index (κ2) is 7.70. The Morgan fingerprint density at radius 2 is 1.96 bits per heavy atom. The van der Waals surface area contributed by atoms with Gasteiger partial charge in [-0.05, 0) is 41.0 Å². The van der Waals surface area contributed by atoms with Gasteiger partial charge in [0.2, 0.25) is 5.01 Å². The predicted octanol–water partition coefficient (Wildman–Crippen LogP) is 4.57. The highest BCUT2D eigenvalue weighted by molar-refractivity contribution is 7.15. The average molecular weight is 376 g/mol. The number of hydrogen-bond acceptors (Lipinski definition) is 5. The lowest BCUT2D eigenvalue weighted by Crippen LogP contribution is -2.22. The van der Waals surface area contributed by atoms with E-state index in [1.54, 1.807) is 11.3 Å². The van der Waals surface area contributed by atoms with Crippen molar-refractivity contribution in [3.63, 3.8) is 0 Å². The van der Waals surface area contributed by atoms with E-state index in [0.717, 1.165) is 11.1 Å². The normalized spacial score (nSPS) is 11.5. The van der Waals surface area contributed by atoms with Gasteiger partial charge in [0.1, 0.15) is 0 Å². The molecule has 0 bridgehead atoms. The van der Waals surface area contributed by atoms with Crippen LogP contribution in [0.3, 0.4) is 0 Å². The minimum absolute atomic E-state index is 0.251. The van der Waals surface area contributed by atoms with Crippen molar-refractivity contribution in [2.75, 3.05) is 0 Å². The molecule has 0 atom stereocenters. The highest BCUT2D eigenvalue weighted by Crippen LogP contribution is 2.25. The van der Waals surface area contributed by atoms with Gasteiger partial charge in [-0.15, -0.1) is 10.2 Å². The Balaban J connectivity index is 1.64. The summed E-state index contributed by atoms with van der Waals surface area (Å²) in [6, 6.07) is 9.96. The second-order valence-electron chi connectivity index (χ2n) is 5.13. The quantitative estimate of drug-likeness (QED) is 0.710. The van der Waals surface area contributed by atoms with Gasteiger partial charge < -0.3 is 5.32 Å². The average Bonchev–Trinajstić information content (AvgIpc) is 3.25. The molecule has 4 nitrogen and oxygen atoms in total. The molecule has 1 aromatic carbocycles. The molecule has 0 unspecified atom stereocenters. The Hall–Kier alpha value is -2.02. The number of benzene rings is 1. The van der Waals surface area contributed by atoms with Gasteiger partial charge in [0, 0.05) is 6.54 Å². The van der Waals surface area contributed by atoms with Crippen molar-refractivity contribution in [2.45, 2.75) is 13.5 Å². The lowest BCUT2D eigenvalue weighted by atomic mass is 10.1. The number of halogens is 1. The molecule has 0 spiro atoms. The Kier molecular flexibility index (Phi) is 5.40. The molecule has 0 radical (unpaired) electrons. The summed E-state index contributed by atoms with van der Waals surface area (Å²) in [5.74, 6) is -0.251. The Morgan fingerprint density at radius 1 is 1.21 bits per heavy atom. The van der Waals surface area contributed by atoms with Gasteiger partial charge in [0.15, 0.2) is 5.01 Å². The zero-order valence-corrected chi connectivity index (χ0v) is 15.2. The molecule has 24 heavy (non-hydrogen) atoms. The molecule has 1 amide bonds. The van der Waals surface area contributed by atoms with E-state index in [-0.39, 0.29) is 5.91 Å². The van der Waals surface area contributed by atoms with E-state index in [1.807, 2.05) is 54.1 Å². The number of rotatable bonds is 5. The minimum atomic E-state index is -0.251. The number of carbonyl (C=O) groups is 1. The Labute approximate surface area is 152 Å². The molecule has 122 valence electrons. The van der Waals surface area contributed by atoms with Crippen molar-refractivity contribution in [1.29, 1.82) is 0 Å². The van der Waals surface area contributed by atoms with Crippen molar-refractivity contribution in [3.05, 3.63) is 67.8 Å². The van der Waals surface area contributed by atoms with Crippen molar-refractivity contribution >= 4 is 51.3 Å². The molecule has 3 aromatic rings. The highest BCUT2D eigenvalue weighted by Gasteiger charge is 2.14. The minimum Gasteiger partial charge on any atom is -0.346 e. The van der Waals surface area contributed by atoms with Crippen LogP contribution in [0, 0.1) is 6.92 Å². The number of nitrogens with zero attached hydrogens (tertiary/aromatic N) is 2. The van der Waals surface area contributed by atoms with Crippen LogP contribution in [0.25, 0.3) is 11.1 Å². The van der Waals surface area contributed by atoms with Crippen LogP contribution in [0.1, 0.15) is 31.5 Å². The third kappa shape index (κ3) is 4.29. The molecule has 0 fully saturated rings. The summed E-state index contributed by atoms with van der Waals surface area (Å²) in [6.07, 6.45) is 1.81. The second-order valence-corrected chi connectivity index (χ2v) is 7.29. The third-order valence-electron chi connectivity index (χ3n) is 3.23. The molecule has 3 rings (SSSR count). The number of aromatic nitrogens is 2. The first-order chi connectivity index (χ1) is 11.6. The first-order valence-electron chi connectivity index (χ1n) is 7.19. The van der Waals surface area contributed by atoms with E-state index in [2.05, 4.69) is 15.5 Å². The summed E-state index contributed by atoms with van der Waals surface area (Å²) in [5.41, 5.74) is 3.23. The fraction of sp³-hybridized carbons (Fsp3) is 0.118. The molecule has 0 aliphatic rings. The van der Waals surface area contributed by atoms with Gasteiger partial charge >= 0.3 is 0 Å². The number of aryl methyl sites for hydroxylation is 1. The maximum absolute atomic E-state index is 12.2. The van der Waals surface area contributed by atoms with Crippen LogP contribution >= 0.6 is 34.3 Å². The van der Waals surface area contributed by atoms with Crippen molar-refractivity contribution in [1.82, 2.24) is 15.5 Å². The van der Waals surface area contributed by atoms with Crippen LogP contribution in [-0.4, -0.2) is 16.1 Å². The SMILES string of the molecule is Cc1ccc(CNC(=O)c2nnc(C(Cl)=Cc3ccsc3)s2)cc1. The fourth-order valence-electron chi connectivity index (χ4n) is 1.94. The molecule has 7 heteroatoms. The first-order valence-corrected chi connectivity index (χ1v) is 9.32. The summed E-state index contributed by atoms with van der Waals surface area (Å²) in [6.45, 7) is 2.48. The number of hydrogen-bond donors (Lipinski definition) is 1. The molecular formula is C17H14ClN3OS2. The summed E-state index contributed by atoms with van der Waals surface area (Å²) in [4.78, 5) is 12.2. The molecule has 0 aliphatic heterocycles. The van der Waals surface area contributed by atoms with E-state index in [9.17, 15) is 4.79 Å². The third-order valence-corrected chi connectivity index (χ3v) is 5.29. The van der Waals surface area contributed by atoms with Gasteiger partial charge in [-0.2, -0.15) is 11.3 Å². The van der Waals surface area contributed by atoms with Gasteiger partial charge in [-0.3, -0.25) is 4.79 Å². The molecule has 1 N–H and O–H groups in total. The summed E-state index contributed by atoms with van der Waals surface area (Å²) < 4.78 is 0. The van der Waals surface area contributed by atoms with E-state index in [1.165, 1.54) is 16.9 Å². The number of carbonyl (C=O) groups excluding carboxylic acids is 1. The summed E-state index contributed by atoms with van der Waals surface area (Å²) in [5, 5.41) is 16.0. The van der Waals surface area contributed by atoms with Crippen LogP contribution in [-0.2, 0) is 6.54 Å². The van der Waals surface area contributed by atoms with Gasteiger partial charge in [-0.25, -0.2) is 0 Å². The van der Waals surface area contributed by atoms with Crippen LogP contribution < -0.4 is 5.32 Å². The molecular weight excluding hydrogens is 362 g/mol. The van der Waals surface area contributed by atoms with E-state index in [4.69, 9.17) is 11.6 Å². The zero-order valence-electron chi connectivity index (χ0n) is 12.8. The number of amides is 1. The van der Waals surface area contributed by atoms with E-state index in [0.29, 0.717) is 21.6 Å². The fourth-order valence-corrected chi connectivity index (χ4v) is 3.51. The Morgan fingerprint density at radius 3 is 2.67 bits per heavy atom. The van der Waals surface area contributed by atoms with Crippen LogP contribution in [0.15, 0.2) is 41.1 Å². The summed E-state index contributed by atoms with van der Waals surface area (Å²) >= 11 is 9.02. The van der Waals surface area contributed by atoms with Crippen molar-refractivity contribution < 1.29 is 4.79 Å². The standard InChI is InChI=1S/C17H14ClN3OS2/c1-11-2-4-12(5-3-11)9-19-15(22)17-21-20-16(24-17)14(18)8-13-6-7-23-10-13/h2-8,10H,9H2,1H3,(H,19,22). The molecule has 0 saturated heterocycles. The van der Waals surface area contributed by atoms with Crippen LogP contribution in [0.4, 0.5) is 0 Å². The largest absolute Gasteiger partial charge is 0.346 e. The van der Waals surface area contributed by atoms with E-state index < -0.39 is 0 Å².